The van der Waals surface area contributed by atoms with Gasteiger partial charge in [-0.1, -0.05) is 26.2 Å². The van der Waals surface area contributed by atoms with E-state index in [1.807, 2.05) is 0 Å². The number of unbranched alkanes of at least 4 members (excludes halogenated alkanes) is 3. The van der Waals surface area contributed by atoms with Gasteiger partial charge in [-0.3, -0.25) is 4.79 Å². The molecule has 1 fully saturated rings. The molecule has 0 aromatic heterocycles. The van der Waals surface area contributed by atoms with Crippen LogP contribution in [0.5, 0.6) is 0 Å². The molecule has 1 rings (SSSR count). The summed E-state index contributed by atoms with van der Waals surface area (Å²) in [6, 6.07) is 2.28. The van der Waals surface area contributed by atoms with Crippen LogP contribution in [0, 0.1) is 11.3 Å². The number of rotatable bonds is 6. The average molecular weight is 222 g/mol. The van der Waals surface area contributed by atoms with E-state index in [2.05, 4.69) is 18.3 Å². The van der Waals surface area contributed by atoms with Gasteiger partial charge in [0.05, 0.1) is 6.07 Å². The first-order valence-corrected chi connectivity index (χ1v) is 6.45. The largest absolute Gasteiger partial charge is 0.338 e. The minimum Gasteiger partial charge on any atom is -0.338 e. The van der Waals surface area contributed by atoms with Crippen molar-refractivity contribution >= 4 is 5.91 Å². The maximum absolute atomic E-state index is 11.7. The molecule has 0 bridgehead atoms. The first-order chi connectivity index (χ1) is 7.72. The van der Waals surface area contributed by atoms with Crippen molar-refractivity contribution in [3.05, 3.63) is 0 Å². The molecular formula is C13H22N2O. The van der Waals surface area contributed by atoms with Crippen molar-refractivity contribution in [3.8, 4) is 6.07 Å². The molecule has 0 atom stereocenters. The molecule has 1 aliphatic rings. The zero-order valence-electron chi connectivity index (χ0n) is 10.2. The van der Waals surface area contributed by atoms with E-state index < -0.39 is 5.54 Å². The molecule has 0 aromatic rings. The Kier molecular flexibility index (Phi) is 5.31. The van der Waals surface area contributed by atoms with Crippen LogP contribution in [0.3, 0.4) is 0 Å². The highest BCUT2D eigenvalue weighted by atomic mass is 16.1. The van der Waals surface area contributed by atoms with Crippen molar-refractivity contribution in [2.24, 2.45) is 0 Å². The zero-order valence-corrected chi connectivity index (χ0v) is 10.2. The standard InChI is InChI=1S/C13H22N2O/c1-2-3-4-5-8-12(16)15-13(11-14)9-6-7-10-13/h2-10H2,1H3,(H,15,16). The normalized spacial score (nSPS) is 18.0. The van der Waals surface area contributed by atoms with Gasteiger partial charge < -0.3 is 5.32 Å². The Hall–Kier alpha value is -1.04. The van der Waals surface area contributed by atoms with E-state index in [0.29, 0.717) is 6.42 Å². The third-order valence-corrected chi connectivity index (χ3v) is 3.31. The first-order valence-electron chi connectivity index (χ1n) is 6.45. The number of nitriles is 1. The van der Waals surface area contributed by atoms with Gasteiger partial charge in [0.15, 0.2) is 0 Å². The zero-order chi connectivity index (χ0) is 11.9. The van der Waals surface area contributed by atoms with Crippen LogP contribution in [0.4, 0.5) is 0 Å². The molecule has 0 spiro atoms. The smallest absolute Gasteiger partial charge is 0.221 e. The third kappa shape index (κ3) is 3.84. The number of hydrogen-bond acceptors (Lipinski definition) is 2. The number of nitrogens with one attached hydrogen (secondary N) is 1. The number of amides is 1. The molecule has 16 heavy (non-hydrogen) atoms. The topological polar surface area (TPSA) is 52.9 Å². The Bertz CT molecular complexity index is 262. The van der Waals surface area contributed by atoms with Crippen LogP contribution in [0.2, 0.25) is 0 Å². The Morgan fingerprint density at radius 1 is 1.31 bits per heavy atom. The van der Waals surface area contributed by atoms with Crippen molar-refractivity contribution in [2.75, 3.05) is 0 Å². The lowest BCUT2D eigenvalue weighted by Gasteiger charge is -2.21. The fourth-order valence-electron chi connectivity index (χ4n) is 2.29. The van der Waals surface area contributed by atoms with E-state index in [1.165, 1.54) is 12.8 Å². The molecule has 1 saturated carbocycles. The van der Waals surface area contributed by atoms with Gasteiger partial charge in [0.1, 0.15) is 5.54 Å². The molecule has 1 N–H and O–H groups in total. The van der Waals surface area contributed by atoms with E-state index in [0.717, 1.165) is 38.5 Å². The van der Waals surface area contributed by atoms with Gasteiger partial charge in [-0.05, 0) is 32.1 Å². The lowest BCUT2D eigenvalue weighted by atomic mass is 9.99. The summed E-state index contributed by atoms with van der Waals surface area (Å²) in [6.07, 6.45) is 8.77. The second-order valence-electron chi connectivity index (χ2n) is 4.76. The Morgan fingerprint density at radius 2 is 2.00 bits per heavy atom. The van der Waals surface area contributed by atoms with Crippen molar-refractivity contribution in [3.63, 3.8) is 0 Å². The molecule has 1 aliphatic carbocycles. The predicted octanol–water partition coefficient (Wildman–Crippen LogP) is 2.91. The summed E-state index contributed by atoms with van der Waals surface area (Å²) in [7, 11) is 0. The Labute approximate surface area is 98.2 Å². The highest BCUT2D eigenvalue weighted by Crippen LogP contribution is 2.28. The van der Waals surface area contributed by atoms with Crippen molar-refractivity contribution in [1.29, 1.82) is 5.26 Å². The third-order valence-electron chi connectivity index (χ3n) is 3.31. The molecule has 0 aliphatic heterocycles. The number of hydrogen-bond donors (Lipinski definition) is 1. The Morgan fingerprint density at radius 3 is 2.56 bits per heavy atom. The molecule has 3 heteroatoms. The van der Waals surface area contributed by atoms with Gasteiger partial charge in [-0.25, -0.2) is 0 Å². The van der Waals surface area contributed by atoms with E-state index in [1.54, 1.807) is 0 Å². The minimum absolute atomic E-state index is 0.0551. The van der Waals surface area contributed by atoms with Crippen LogP contribution in [-0.2, 0) is 4.79 Å². The van der Waals surface area contributed by atoms with Crippen LogP contribution in [0.15, 0.2) is 0 Å². The molecule has 3 nitrogen and oxygen atoms in total. The number of carbonyl (C=O) groups is 1. The lowest BCUT2D eigenvalue weighted by molar-refractivity contribution is -0.122. The summed E-state index contributed by atoms with van der Waals surface area (Å²) in [6.45, 7) is 2.16. The van der Waals surface area contributed by atoms with Crippen LogP contribution in [0.25, 0.3) is 0 Å². The molecule has 0 aromatic carbocycles. The van der Waals surface area contributed by atoms with Crippen LogP contribution in [0.1, 0.15) is 64.7 Å². The molecule has 0 radical (unpaired) electrons. The molecule has 0 saturated heterocycles. The highest BCUT2D eigenvalue weighted by Gasteiger charge is 2.34. The fourth-order valence-corrected chi connectivity index (χ4v) is 2.29. The van der Waals surface area contributed by atoms with Gasteiger partial charge in [-0.2, -0.15) is 5.26 Å². The molecular weight excluding hydrogens is 200 g/mol. The SMILES string of the molecule is CCCCCCC(=O)NC1(C#N)CCCC1. The Balaban J connectivity index is 2.25. The summed E-state index contributed by atoms with van der Waals surface area (Å²) < 4.78 is 0. The second kappa shape index (κ2) is 6.52. The van der Waals surface area contributed by atoms with Gasteiger partial charge >= 0.3 is 0 Å². The quantitative estimate of drug-likeness (QED) is 0.702. The van der Waals surface area contributed by atoms with Gasteiger partial charge in [0, 0.05) is 6.42 Å². The average Bonchev–Trinajstić information content (AvgIpc) is 2.74. The fraction of sp³-hybridized carbons (Fsp3) is 0.846. The van der Waals surface area contributed by atoms with E-state index in [9.17, 15) is 4.79 Å². The van der Waals surface area contributed by atoms with Gasteiger partial charge in [0.25, 0.3) is 0 Å². The minimum atomic E-state index is -0.540. The van der Waals surface area contributed by atoms with Crippen molar-refractivity contribution in [1.82, 2.24) is 5.32 Å². The second-order valence-corrected chi connectivity index (χ2v) is 4.76. The van der Waals surface area contributed by atoms with Gasteiger partial charge in [-0.15, -0.1) is 0 Å². The molecule has 0 heterocycles. The highest BCUT2D eigenvalue weighted by molar-refractivity contribution is 5.77. The van der Waals surface area contributed by atoms with Crippen LogP contribution >= 0.6 is 0 Å². The summed E-state index contributed by atoms with van der Waals surface area (Å²) in [4.78, 5) is 11.7. The van der Waals surface area contributed by atoms with E-state index >= 15 is 0 Å². The molecule has 90 valence electrons. The summed E-state index contributed by atoms with van der Waals surface area (Å²) in [5.74, 6) is 0.0551. The van der Waals surface area contributed by atoms with Gasteiger partial charge in [0.2, 0.25) is 5.91 Å². The predicted molar refractivity (Wildman–Crippen MR) is 63.7 cm³/mol. The lowest BCUT2D eigenvalue weighted by Crippen LogP contribution is -2.44. The summed E-state index contributed by atoms with van der Waals surface area (Å²) in [5, 5.41) is 12.0. The molecule has 0 unspecified atom stereocenters. The van der Waals surface area contributed by atoms with Crippen LogP contribution in [-0.4, -0.2) is 11.4 Å². The van der Waals surface area contributed by atoms with Crippen LogP contribution < -0.4 is 5.32 Å². The summed E-state index contributed by atoms with van der Waals surface area (Å²) >= 11 is 0. The van der Waals surface area contributed by atoms with E-state index in [4.69, 9.17) is 5.26 Å². The maximum Gasteiger partial charge on any atom is 0.221 e. The molecule has 1 amide bonds. The monoisotopic (exact) mass is 222 g/mol. The summed E-state index contributed by atoms with van der Waals surface area (Å²) in [5.41, 5.74) is -0.540. The van der Waals surface area contributed by atoms with Crippen molar-refractivity contribution < 1.29 is 4.79 Å². The number of carbonyl (C=O) groups excluding carboxylic acids is 1. The first kappa shape index (κ1) is 13.0. The van der Waals surface area contributed by atoms with Crippen molar-refractivity contribution in [2.45, 2.75) is 70.3 Å². The van der Waals surface area contributed by atoms with E-state index in [-0.39, 0.29) is 5.91 Å². The maximum atomic E-state index is 11.7. The number of nitrogens with zero attached hydrogens (tertiary/aromatic N) is 1.